The van der Waals surface area contributed by atoms with Crippen LogP contribution in [0.15, 0.2) is 30.9 Å². The fourth-order valence-electron chi connectivity index (χ4n) is 3.18. The topological polar surface area (TPSA) is 62.4 Å². The van der Waals surface area contributed by atoms with Gasteiger partial charge in [0.05, 0.1) is 19.2 Å². The van der Waals surface area contributed by atoms with Crippen LogP contribution in [0.5, 0.6) is 0 Å². The van der Waals surface area contributed by atoms with Gasteiger partial charge in [0.2, 0.25) is 0 Å². The standard InChI is InChI=1S/C16H26N6O/c1-14-10-20(11-15(23)12-22-6-3-4-18-22)8-9-21(14)13-16-17-5-7-19(16)2/h3-7,14-15,23H,8-13H2,1-2H3/t14-,15+/m1/s1. The van der Waals surface area contributed by atoms with Gasteiger partial charge in [0.15, 0.2) is 0 Å². The van der Waals surface area contributed by atoms with Gasteiger partial charge in [-0.05, 0) is 13.0 Å². The lowest BCUT2D eigenvalue weighted by Gasteiger charge is -2.40. The summed E-state index contributed by atoms with van der Waals surface area (Å²) in [5.41, 5.74) is 0. The lowest BCUT2D eigenvalue weighted by atomic mass is 10.1. The third-order valence-electron chi connectivity index (χ3n) is 4.54. The monoisotopic (exact) mass is 318 g/mol. The smallest absolute Gasteiger partial charge is 0.122 e. The van der Waals surface area contributed by atoms with Gasteiger partial charge >= 0.3 is 0 Å². The molecule has 1 N–H and O–H groups in total. The minimum Gasteiger partial charge on any atom is -0.390 e. The molecule has 0 aliphatic carbocycles. The Morgan fingerprint density at radius 2 is 2.13 bits per heavy atom. The van der Waals surface area contributed by atoms with Crippen LogP contribution in [0.3, 0.4) is 0 Å². The van der Waals surface area contributed by atoms with Crippen LogP contribution in [0.4, 0.5) is 0 Å². The van der Waals surface area contributed by atoms with Gasteiger partial charge in [0.1, 0.15) is 5.82 Å². The Balaban J connectivity index is 1.47. The zero-order chi connectivity index (χ0) is 16.2. The molecule has 2 aromatic rings. The fraction of sp³-hybridized carbons (Fsp3) is 0.625. The molecule has 7 nitrogen and oxygen atoms in total. The summed E-state index contributed by atoms with van der Waals surface area (Å²) >= 11 is 0. The quantitative estimate of drug-likeness (QED) is 0.823. The number of hydrogen-bond donors (Lipinski definition) is 1. The second-order valence-electron chi connectivity index (χ2n) is 6.42. The van der Waals surface area contributed by atoms with E-state index >= 15 is 0 Å². The molecule has 23 heavy (non-hydrogen) atoms. The van der Waals surface area contributed by atoms with Crippen LogP contribution in [0.2, 0.25) is 0 Å². The normalized spacial score (nSPS) is 21.6. The number of aliphatic hydroxyl groups is 1. The molecule has 0 amide bonds. The highest BCUT2D eigenvalue weighted by atomic mass is 16.3. The molecule has 0 spiro atoms. The summed E-state index contributed by atoms with van der Waals surface area (Å²) in [7, 11) is 2.04. The Kier molecular flexibility index (Phi) is 5.09. The predicted octanol–water partition coefficient (Wildman–Crippen LogP) is 0.184. The SMILES string of the molecule is C[C@@H]1CN(C[C@H](O)Cn2cccn2)CCN1Cc1nccn1C. The van der Waals surface area contributed by atoms with Gasteiger partial charge in [-0.25, -0.2) is 4.98 Å². The van der Waals surface area contributed by atoms with Crippen molar-refractivity contribution in [3.63, 3.8) is 0 Å². The number of aromatic nitrogens is 4. The highest BCUT2D eigenvalue weighted by Crippen LogP contribution is 2.13. The zero-order valence-electron chi connectivity index (χ0n) is 13.9. The van der Waals surface area contributed by atoms with Crippen molar-refractivity contribution in [1.82, 2.24) is 29.1 Å². The first-order chi connectivity index (χ1) is 11.1. The maximum atomic E-state index is 10.2. The van der Waals surface area contributed by atoms with Crippen LogP contribution in [0, 0.1) is 0 Å². The molecule has 2 aromatic heterocycles. The van der Waals surface area contributed by atoms with E-state index in [4.69, 9.17) is 0 Å². The second-order valence-corrected chi connectivity index (χ2v) is 6.42. The number of imidazole rings is 1. The predicted molar refractivity (Wildman–Crippen MR) is 87.8 cm³/mol. The first-order valence-electron chi connectivity index (χ1n) is 8.20. The molecule has 126 valence electrons. The summed E-state index contributed by atoms with van der Waals surface area (Å²) in [5, 5.41) is 14.4. The molecule has 3 heterocycles. The van der Waals surface area contributed by atoms with Crippen molar-refractivity contribution >= 4 is 0 Å². The maximum Gasteiger partial charge on any atom is 0.122 e. The Labute approximate surface area is 137 Å². The number of piperazine rings is 1. The third-order valence-corrected chi connectivity index (χ3v) is 4.54. The molecule has 0 radical (unpaired) electrons. The average Bonchev–Trinajstić information content (AvgIpc) is 3.14. The van der Waals surface area contributed by atoms with Gasteiger partial charge in [-0.1, -0.05) is 0 Å². The minimum absolute atomic E-state index is 0.386. The van der Waals surface area contributed by atoms with E-state index in [1.54, 1.807) is 10.9 Å². The molecule has 7 heteroatoms. The largest absolute Gasteiger partial charge is 0.390 e. The summed E-state index contributed by atoms with van der Waals surface area (Å²) in [4.78, 5) is 9.21. The maximum absolute atomic E-state index is 10.2. The summed E-state index contributed by atoms with van der Waals surface area (Å²) in [6.07, 6.45) is 7.08. The molecule has 0 aromatic carbocycles. The van der Waals surface area contributed by atoms with Gasteiger partial charge in [0, 0.05) is 64.1 Å². The van der Waals surface area contributed by atoms with Crippen LogP contribution in [0.1, 0.15) is 12.7 Å². The van der Waals surface area contributed by atoms with Crippen molar-refractivity contribution in [2.75, 3.05) is 26.2 Å². The van der Waals surface area contributed by atoms with Crippen LogP contribution in [-0.2, 0) is 20.1 Å². The van der Waals surface area contributed by atoms with E-state index in [1.807, 2.05) is 31.7 Å². The summed E-state index contributed by atoms with van der Waals surface area (Å²) in [6, 6.07) is 2.34. The molecule has 0 saturated carbocycles. The number of aryl methyl sites for hydroxylation is 1. The molecular weight excluding hydrogens is 292 g/mol. The van der Waals surface area contributed by atoms with Crippen LogP contribution < -0.4 is 0 Å². The van der Waals surface area contributed by atoms with Crippen molar-refractivity contribution in [2.45, 2.75) is 32.2 Å². The summed E-state index contributed by atoms with van der Waals surface area (Å²) in [6.45, 7) is 7.33. The Morgan fingerprint density at radius 3 is 2.78 bits per heavy atom. The Hall–Kier alpha value is -1.70. The van der Waals surface area contributed by atoms with E-state index in [1.165, 1.54) is 0 Å². The number of β-amino-alcohol motifs (C(OH)–C–C–N with tert-alkyl or cyclic N) is 1. The molecule has 1 fully saturated rings. The molecule has 1 saturated heterocycles. The van der Waals surface area contributed by atoms with Crippen molar-refractivity contribution in [3.05, 3.63) is 36.7 Å². The zero-order valence-corrected chi connectivity index (χ0v) is 13.9. The Bertz CT molecular complexity index is 595. The molecule has 0 bridgehead atoms. The number of aliphatic hydroxyl groups excluding tert-OH is 1. The molecular formula is C16H26N6O. The van der Waals surface area contributed by atoms with Gasteiger partial charge in [-0.15, -0.1) is 0 Å². The highest BCUT2D eigenvalue weighted by Gasteiger charge is 2.25. The van der Waals surface area contributed by atoms with Gasteiger partial charge < -0.3 is 9.67 Å². The first kappa shape index (κ1) is 16.2. The fourth-order valence-corrected chi connectivity index (χ4v) is 3.18. The number of hydrogen-bond acceptors (Lipinski definition) is 5. The molecule has 1 aliphatic heterocycles. The van der Waals surface area contributed by atoms with Crippen molar-refractivity contribution < 1.29 is 5.11 Å². The Morgan fingerprint density at radius 1 is 1.26 bits per heavy atom. The summed E-state index contributed by atoms with van der Waals surface area (Å²) in [5.74, 6) is 1.10. The van der Waals surface area contributed by atoms with Gasteiger partial charge in [-0.3, -0.25) is 14.5 Å². The van der Waals surface area contributed by atoms with Gasteiger partial charge in [0.25, 0.3) is 0 Å². The van der Waals surface area contributed by atoms with Crippen LogP contribution in [-0.4, -0.2) is 72.6 Å². The second kappa shape index (κ2) is 7.25. The van der Waals surface area contributed by atoms with Crippen molar-refractivity contribution in [3.8, 4) is 0 Å². The number of rotatable bonds is 6. The minimum atomic E-state index is -0.386. The first-order valence-corrected chi connectivity index (χ1v) is 8.20. The molecule has 2 atom stereocenters. The van der Waals surface area contributed by atoms with Crippen LogP contribution >= 0.6 is 0 Å². The van der Waals surface area contributed by atoms with E-state index in [9.17, 15) is 5.11 Å². The average molecular weight is 318 g/mol. The van der Waals surface area contributed by atoms with E-state index in [0.29, 0.717) is 19.1 Å². The van der Waals surface area contributed by atoms with Crippen molar-refractivity contribution in [1.29, 1.82) is 0 Å². The highest BCUT2D eigenvalue weighted by molar-refractivity contribution is 4.93. The van der Waals surface area contributed by atoms with Gasteiger partial charge in [-0.2, -0.15) is 5.10 Å². The van der Waals surface area contributed by atoms with E-state index in [2.05, 4.69) is 31.4 Å². The van der Waals surface area contributed by atoms with Crippen LogP contribution in [0.25, 0.3) is 0 Å². The lowest BCUT2D eigenvalue weighted by molar-refractivity contribution is 0.0345. The molecule has 0 unspecified atom stereocenters. The van der Waals surface area contributed by atoms with E-state index in [0.717, 1.165) is 32.0 Å². The van der Waals surface area contributed by atoms with Crippen molar-refractivity contribution in [2.24, 2.45) is 7.05 Å². The van der Waals surface area contributed by atoms with E-state index < -0.39 is 0 Å². The summed E-state index contributed by atoms with van der Waals surface area (Å²) < 4.78 is 3.86. The van der Waals surface area contributed by atoms with E-state index in [-0.39, 0.29) is 6.10 Å². The lowest BCUT2D eigenvalue weighted by Crippen LogP contribution is -2.53. The molecule has 3 rings (SSSR count). The number of nitrogens with zero attached hydrogens (tertiary/aromatic N) is 6. The third kappa shape index (κ3) is 4.19. The molecule has 1 aliphatic rings.